The summed E-state index contributed by atoms with van der Waals surface area (Å²) in [7, 11) is 0. The van der Waals surface area contributed by atoms with Crippen molar-refractivity contribution in [3.8, 4) is 5.75 Å². The van der Waals surface area contributed by atoms with Gasteiger partial charge in [0.05, 0.1) is 11.7 Å². The molecule has 0 saturated carbocycles. The molecule has 3 N–H and O–H groups in total. The standard InChI is InChI=1S/C12H16N4O/c1-8-3-4-11(17)10(16-8)7-15-9(2)12-13-5-6-14-12/h3-6,9,15,17H,7H2,1-2H3,(H,13,14). The van der Waals surface area contributed by atoms with Crippen molar-refractivity contribution in [2.24, 2.45) is 0 Å². The predicted molar refractivity (Wildman–Crippen MR) is 64.5 cm³/mol. The van der Waals surface area contributed by atoms with E-state index in [0.29, 0.717) is 12.2 Å². The molecule has 1 unspecified atom stereocenters. The van der Waals surface area contributed by atoms with Crippen molar-refractivity contribution in [1.82, 2.24) is 20.3 Å². The zero-order valence-electron chi connectivity index (χ0n) is 9.94. The molecule has 17 heavy (non-hydrogen) atoms. The van der Waals surface area contributed by atoms with Gasteiger partial charge in [-0.25, -0.2) is 4.98 Å². The van der Waals surface area contributed by atoms with Crippen LogP contribution in [0.5, 0.6) is 5.75 Å². The van der Waals surface area contributed by atoms with Gasteiger partial charge in [-0.2, -0.15) is 0 Å². The maximum atomic E-state index is 9.65. The van der Waals surface area contributed by atoms with Crippen LogP contribution in [-0.4, -0.2) is 20.1 Å². The second-order valence-electron chi connectivity index (χ2n) is 4.00. The summed E-state index contributed by atoms with van der Waals surface area (Å²) in [6.45, 7) is 4.42. The molecule has 0 aliphatic heterocycles. The SMILES string of the molecule is Cc1ccc(O)c(CNC(C)c2ncc[nH]2)n1. The maximum absolute atomic E-state index is 9.65. The molecule has 90 valence electrons. The monoisotopic (exact) mass is 232 g/mol. The van der Waals surface area contributed by atoms with Crippen LogP contribution in [0, 0.1) is 6.92 Å². The number of H-pyrrole nitrogens is 1. The Morgan fingerprint density at radius 2 is 2.29 bits per heavy atom. The minimum Gasteiger partial charge on any atom is -0.506 e. The maximum Gasteiger partial charge on any atom is 0.138 e. The van der Waals surface area contributed by atoms with E-state index >= 15 is 0 Å². The van der Waals surface area contributed by atoms with Gasteiger partial charge in [0.15, 0.2) is 0 Å². The van der Waals surface area contributed by atoms with Crippen LogP contribution < -0.4 is 5.32 Å². The minimum absolute atomic E-state index is 0.0895. The fourth-order valence-electron chi connectivity index (χ4n) is 1.59. The topological polar surface area (TPSA) is 73.8 Å². The Kier molecular flexibility index (Phi) is 3.39. The zero-order valence-corrected chi connectivity index (χ0v) is 9.94. The smallest absolute Gasteiger partial charge is 0.138 e. The fourth-order valence-corrected chi connectivity index (χ4v) is 1.59. The molecule has 0 fully saturated rings. The summed E-state index contributed by atoms with van der Waals surface area (Å²) in [5.74, 6) is 1.09. The van der Waals surface area contributed by atoms with E-state index in [-0.39, 0.29) is 11.8 Å². The third kappa shape index (κ3) is 2.82. The highest BCUT2D eigenvalue weighted by Crippen LogP contribution is 2.15. The van der Waals surface area contributed by atoms with E-state index in [2.05, 4.69) is 20.3 Å². The average Bonchev–Trinajstić information content (AvgIpc) is 2.83. The van der Waals surface area contributed by atoms with Crippen LogP contribution in [0.3, 0.4) is 0 Å². The summed E-state index contributed by atoms with van der Waals surface area (Å²) in [4.78, 5) is 11.5. The van der Waals surface area contributed by atoms with Crippen LogP contribution in [0.2, 0.25) is 0 Å². The number of hydrogen-bond acceptors (Lipinski definition) is 4. The molecular formula is C12H16N4O. The van der Waals surface area contributed by atoms with Crippen molar-refractivity contribution in [2.45, 2.75) is 26.4 Å². The second-order valence-corrected chi connectivity index (χ2v) is 4.00. The van der Waals surface area contributed by atoms with E-state index in [1.54, 1.807) is 24.5 Å². The van der Waals surface area contributed by atoms with Crippen molar-refractivity contribution >= 4 is 0 Å². The van der Waals surface area contributed by atoms with Gasteiger partial charge in [-0.05, 0) is 26.0 Å². The highest BCUT2D eigenvalue weighted by Gasteiger charge is 2.09. The van der Waals surface area contributed by atoms with Crippen molar-refractivity contribution in [1.29, 1.82) is 0 Å². The molecular weight excluding hydrogens is 216 g/mol. The number of hydrogen-bond donors (Lipinski definition) is 3. The first kappa shape index (κ1) is 11.6. The third-order valence-corrected chi connectivity index (χ3v) is 2.59. The molecule has 0 aromatic carbocycles. The minimum atomic E-state index is 0.0895. The molecule has 5 heteroatoms. The van der Waals surface area contributed by atoms with Crippen LogP contribution >= 0.6 is 0 Å². The van der Waals surface area contributed by atoms with Gasteiger partial charge in [-0.3, -0.25) is 4.98 Å². The summed E-state index contributed by atoms with van der Waals surface area (Å²) in [6, 6.07) is 3.54. The highest BCUT2D eigenvalue weighted by atomic mass is 16.3. The number of imidazole rings is 1. The first-order chi connectivity index (χ1) is 8.16. The van der Waals surface area contributed by atoms with E-state index in [1.807, 2.05) is 13.8 Å². The summed E-state index contributed by atoms with van der Waals surface area (Å²) >= 11 is 0. The van der Waals surface area contributed by atoms with Crippen molar-refractivity contribution in [2.75, 3.05) is 0 Å². The Balaban J connectivity index is 2.00. The normalized spacial score (nSPS) is 12.6. The second kappa shape index (κ2) is 4.97. The summed E-state index contributed by atoms with van der Waals surface area (Å²) in [6.07, 6.45) is 3.51. The van der Waals surface area contributed by atoms with Crippen LogP contribution in [0.1, 0.15) is 30.2 Å². The van der Waals surface area contributed by atoms with Gasteiger partial charge in [0, 0.05) is 24.6 Å². The largest absolute Gasteiger partial charge is 0.506 e. The highest BCUT2D eigenvalue weighted by molar-refractivity contribution is 5.27. The Bertz CT molecular complexity index is 481. The van der Waals surface area contributed by atoms with Gasteiger partial charge in [0.25, 0.3) is 0 Å². The number of aromatic amines is 1. The lowest BCUT2D eigenvalue weighted by atomic mass is 10.2. The average molecular weight is 232 g/mol. The van der Waals surface area contributed by atoms with E-state index in [4.69, 9.17) is 0 Å². The van der Waals surface area contributed by atoms with Crippen LogP contribution in [0.4, 0.5) is 0 Å². The van der Waals surface area contributed by atoms with E-state index in [0.717, 1.165) is 11.5 Å². The first-order valence-corrected chi connectivity index (χ1v) is 5.55. The van der Waals surface area contributed by atoms with Crippen molar-refractivity contribution in [3.05, 3.63) is 41.7 Å². The molecule has 0 radical (unpaired) electrons. The molecule has 0 saturated heterocycles. The number of pyridine rings is 1. The van der Waals surface area contributed by atoms with Crippen molar-refractivity contribution < 1.29 is 5.11 Å². The lowest BCUT2D eigenvalue weighted by molar-refractivity contribution is 0.452. The molecule has 0 aliphatic rings. The van der Waals surface area contributed by atoms with E-state index < -0.39 is 0 Å². The predicted octanol–water partition coefficient (Wildman–Crippen LogP) is 1.67. The number of aromatic nitrogens is 3. The van der Waals surface area contributed by atoms with Crippen molar-refractivity contribution in [3.63, 3.8) is 0 Å². The molecule has 2 aromatic heterocycles. The molecule has 0 bridgehead atoms. The third-order valence-electron chi connectivity index (χ3n) is 2.59. The molecule has 1 atom stereocenters. The van der Waals surface area contributed by atoms with Gasteiger partial charge in [-0.1, -0.05) is 0 Å². The molecule has 5 nitrogen and oxygen atoms in total. The number of nitrogens with zero attached hydrogens (tertiary/aromatic N) is 2. The van der Waals surface area contributed by atoms with Crippen LogP contribution in [0.25, 0.3) is 0 Å². The molecule has 2 aromatic rings. The summed E-state index contributed by atoms with van der Waals surface area (Å²) in [5.41, 5.74) is 1.55. The Labute approximate surface area is 99.9 Å². The molecule has 0 amide bonds. The van der Waals surface area contributed by atoms with Crippen LogP contribution in [0.15, 0.2) is 24.5 Å². The van der Waals surface area contributed by atoms with Gasteiger partial charge >= 0.3 is 0 Å². The van der Waals surface area contributed by atoms with E-state index in [9.17, 15) is 5.11 Å². The molecule has 2 rings (SSSR count). The lowest BCUT2D eigenvalue weighted by Crippen LogP contribution is -2.20. The Morgan fingerprint density at radius 3 is 3.00 bits per heavy atom. The lowest BCUT2D eigenvalue weighted by Gasteiger charge is -2.12. The van der Waals surface area contributed by atoms with Gasteiger partial charge in [0.1, 0.15) is 11.6 Å². The van der Waals surface area contributed by atoms with Gasteiger partial charge in [-0.15, -0.1) is 0 Å². The van der Waals surface area contributed by atoms with Gasteiger partial charge in [0.2, 0.25) is 0 Å². The number of aromatic hydroxyl groups is 1. The summed E-state index contributed by atoms with van der Waals surface area (Å²) in [5, 5.41) is 12.9. The first-order valence-electron chi connectivity index (χ1n) is 5.55. The fraction of sp³-hybridized carbons (Fsp3) is 0.333. The zero-order chi connectivity index (χ0) is 12.3. The number of nitrogens with one attached hydrogen (secondary N) is 2. The number of rotatable bonds is 4. The molecule has 0 aliphatic carbocycles. The Morgan fingerprint density at radius 1 is 1.47 bits per heavy atom. The molecule has 0 spiro atoms. The van der Waals surface area contributed by atoms with Crippen LogP contribution in [-0.2, 0) is 6.54 Å². The number of aryl methyl sites for hydroxylation is 1. The Hall–Kier alpha value is -1.88. The molecule has 2 heterocycles. The van der Waals surface area contributed by atoms with E-state index in [1.165, 1.54) is 0 Å². The quantitative estimate of drug-likeness (QED) is 0.749. The van der Waals surface area contributed by atoms with Gasteiger partial charge < -0.3 is 15.4 Å². The summed E-state index contributed by atoms with van der Waals surface area (Å²) < 4.78 is 0.